The van der Waals surface area contributed by atoms with Crippen LogP contribution in [0.3, 0.4) is 0 Å². The highest BCUT2D eigenvalue weighted by Crippen LogP contribution is 2.34. The molecule has 1 amide bonds. The maximum atomic E-state index is 12.2. The van der Waals surface area contributed by atoms with Crippen LogP contribution < -0.4 is 14.8 Å². The molecule has 0 unspecified atom stereocenters. The number of nitrogens with one attached hydrogen (secondary N) is 2. The van der Waals surface area contributed by atoms with Crippen molar-refractivity contribution >= 4 is 57.0 Å². The zero-order valence-corrected chi connectivity index (χ0v) is 15.8. The first-order chi connectivity index (χ1) is 13.7. The molecule has 3 heterocycles. The number of H-pyrrole nitrogens is 1. The number of rotatable bonds is 4. The molecule has 0 radical (unpaired) electrons. The van der Waals surface area contributed by atoms with E-state index >= 15 is 0 Å². The highest BCUT2D eigenvalue weighted by Gasteiger charge is 2.15. The maximum Gasteiger partial charge on any atom is 0.234 e. The number of nitrogens with zero attached hydrogens (tertiary/aromatic N) is 3. The molecule has 2 aromatic carbocycles. The van der Waals surface area contributed by atoms with Gasteiger partial charge in [-0.3, -0.25) is 4.79 Å². The third kappa shape index (κ3) is 3.19. The minimum absolute atomic E-state index is 0.147. The number of hydrogen-bond donors (Lipinski definition) is 2. The van der Waals surface area contributed by atoms with Crippen LogP contribution in [0.5, 0.6) is 11.5 Å². The highest BCUT2D eigenvalue weighted by molar-refractivity contribution is 7.99. The minimum Gasteiger partial charge on any atom is -0.454 e. The summed E-state index contributed by atoms with van der Waals surface area (Å²) in [4.78, 5) is 19.9. The van der Waals surface area contributed by atoms with Crippen LogP contribution in [0.4, 0.5) is 5.69 Å². The van der Waals surface area contributed by atoms with Gasteiger partial charge in [0.25, 0.3) is 0 Å². The van der Waals surface area contributed by atoms with Crippen molar-refractivity contribution < 1.29 is 14.3 Å². The van der Waals surface area contributed by atoms with Crippen molar-refractivity contribution in [1.82, 2.24) is 20.2 Å². The summed E-state index contributed by atoms with van der Waals surface area (Å²) in [7, 11) is 0. The Kier molecular flexibility index (Phi) is 4.18. The van der Waals surface area contributed by atoms with Crippen LogP contribution in [-0.2, 0) is 4.79 Å². The topological polar surface area (TPSA) is 102 Å². The molecule has 0 spiro atoms. The molecule has 0 bridgehead atoms. The smallest absolute Gasteiger partial charge is 0.234 e. The SMILES string of the molecule is O=C(CSc1nnc2c(n1)[nH]c1ccc(Cl)cc12)Nc1ccc2c(c1)OCO2. The predicted octanol–water partition coefficient (Wildman–Crippen LogP) is 3.62. The Morgan fingerprint density at radius 3 is 3.00 bits per heavy atom. The van der Waals surface area contributed by atoms with Gasteiger partial charge in [-0.25, -0.2) is 4.98 Å². The third-order valence-corrected chi connectivity index (χ3v) is 5.22. The Hall–Kier alpha value is -3.04. The van der Waals surface area contributed by atoms with E-state index in [2.05, 4.69) is 25.5 Å². The molecule has 28 heavy (non-hydrogen) atoms. The van der Waals surface area contributed by atoms with Gasteiger partial charge in [0, 0.05) is 27.7 Å². The van der Waals surface area contributed by atoms with Crippen LogP contribution in [0.2, 0.25) is 5.02 Å². The molecule has 0 aliphatic carbocycles. The van der Waals surface area contributed by atoms with Crippen LogP contribution in [0.25, 0.3) is 22.1 Å². The summed E-state index contributed by atoms with van der Waals surface area (Å²) in [6.45, 7) is 0.190. The van der Waals surface area contributed by atoms with Gasteiger partial charge in [-0.05, 0) is 30.3 Å². The number of carbonyl (C=O) groups is 1. The van der Waals surface area contributed by atoms with Crippen molar-refractivity contribution in [3.05, 3.63) is 41.4 Å². The number of aromatic nitrogens is 4. The van der Waals surface area contributed by atoms with Crippen molar-refractivity contribution in [3.63, 3.8) is 0 Å². The Morgan fingerprint density at radius 2 is 2.07 bits per heavy atom. The zero-order chi connectivity index (χ0) is 19.1. The standard InChI is InChI=1S/C18H12ClN5O3S/c19-9-1-3-12-11(5-9)16-17(21-12)22-18(24-23-16)28-7-15(25)20-10-2-4-13-14(6-10)27-8-26-13/h1-6H,7-8H2,(H,20,25)(H,21,22,24). The van der Waals surface area contributed by atoms with Crippen molar-refractivity contribution in [3.8, 4) is 11.5 Å². The van der Waals surface area contributed by atoms with E-state index in [1.54, 1.807) is 24.3 Å². The van der Waals surface area contributed by atoms with E-state index in [-0.39, 0.29) is 18.5 Å². The van der Waals surface area contributed by atoms with Crippen molar-refractivity contribution in [2.24, 2.45) is 0 Å². The Bertz CT molecular complexity index is 1230. The molecule has 0 atom stereocenters. The van der Waals surface area contributed by atoms with Crippen molar-refractivity contribution in [1.29, 1.82) is 0 Å². The first-order valence-electron chi connectivity index (χ1n) is 8.30. The normalized spacial score (nSPS) is 12.6. The molecule has 4 aromatic rings. The van der Waals surface area contributed by atoms with Crippen LogP contribution in [0.15, 0.2) is 41.6 Å². The molecule has 140 valence electrons. The number of thioether (sulfide) groups is 1. The van der Waals surface area contributed by atoms with Gasteiger partial charge in [0.15, 0.2) is 17.1 Å². The number of anilines is 1. The molecule has 1 aliphatic rings. The second kappa shape index (κ2) is 6.84. The molecule has 0 saturated carbocycles. The molecule has 10 heteroatoms. The van der Waals surface area contributed by atoms with E-state index in [9.17, 15) is 4.79 Å². The average Bonchev–Trinajstić information content (AvgIpc) is 3.29. The van der Waals surface area contributed by atoms with E-state index in [1.165, 1.54) is 11.8 Å². The summed E-state index contributed by atoms with van der Waals surface area (Å²) >= 11 is 7.25. The fourth-order valence-electron chi connectivity index (χ4n) is 2.89. The summed E-state index contributed by atoms with van der Waals surface area (Å²) < 4.78 is 10.6. The number of aromatic amines is 1. The second-order valence-electron chi connectivity index (χ2n) is 6.01. The summed E-state index contributed by atoms with van der Waals surface area (Å²) in [5.74, 6) is 1.24. The Labute approximate surface area is 167 Å². The van der Waals surface area contributed by atoms with Crippen molar-refractivity contribution in [2.45, 2.75) is 5.16 Å². The first-order valence-corrected chi connectivity index (χ1v) is 9.66. The lowest BCUT2D eigenvalue weighted by atomic mass is 10.2. The zero-order valence-electron chi connectivity index (χ0n) is 14.2. The number of hydrogen-bond acceptors (Lipinski definition) is 7. The monoisotopic (exact) mass is 413 g/mol. The van der Waals surface area contributed by atoms with Gasteiger partial charge in [0.05, 0.1) is 5.75 Å². The number of amides is 1. The maximum absolute atomic E-state index is 12.2. The molecule has 2 aromatic heterocycles. The third-order valence-electron chi connectivity index (χ3n) is 4.15. The lowest BCUT2D eigenvalue weighted by Crippen LogP contribution is -2.14. The van der Waals surface area contributed by atoms with Gasteiger partial charge < -0.3 is 19.8 Å². The van der Waals surface area contributed by atoms with Crippen molar-refractivity contribution in [2.75, 3.05) is 17.9 Å². The van der Waals surface area contributed by atoms with Gasteiger partial charge in [0.1, 0.15) is 5.52 Å². The lowest BCUT2D eigenvalue weighted by Gasteiger charge is -2.05. The van der Waals surface area contributed by atoms with Gasteiger partial charge in [-0.2, -0.15) is 0 Å². The van der Waals surface area contributed by atoms with E-state index in [4.69, 9.17) is 21.1 Å². The predicted molar refractivity (Wildman–Crippen MR) is 106 cm³/mol. The molecular formula is C18H12ClN5O3S. The minimum atomic E-state index is -0.184. The van der Waals surface area contributed by atoms with Gasteiger partial charge in [0.2, 0.25) is 17.9 Å². The highest BCUT2D eigenvalue weighted by atomic mass is 35.5. The molecule has 2 N–H and O–H groups in total. The van der Waals surface area contributed by atoms with Crippen LogP contribution in [-0.4, -0.2) is 38.6 Å². The fraction of sp³-hybridized carbons (Fsp3) is 0.111. The van der Waals surface area contributed by atoms with Crippen LogP contribution in [0.1, 0.15) is 0 Å². The molecule has 8 nitrogen and oxygen atoms in total. The average molecular weight is 414 g/mol. The Balaban J connectivity index is 1.28. The van der Waals surface area contributed by atoms with E-state index in [0.29, 0.717) is 38.5 Å². The number of ether oxygens (including phenoxy) is 2. The van der Waals surface area contributed by atoms with Gasteiger partial charge in [-0.15, -0.1) is 10.2 Å². The van der Waals surface area contributed by atoms with Gasteiger partial charge >= 0.3 is 0 Å². The molecule has 0 saturated heterocycles. The van der Waals surface area contributed by atoms with E-state index < -0.39 is 0 Å². The largest absolute Gasteiger partial charge is 0.454 e. The van der Waals surface area contributed by atoms with E-state index in [1.807, 2.05) is 12.1 Å². The van der Waals surface area contributed by atoms with Crippen LogP contribution >= 0.6 is 23.4 Å². The molecule has 5 rings (SSSR count). The molecular weight excluding hydrogens is 402 g/mol. The van der Waals surface area contributed by atoms with E-state index in [0.717, 1.165) is 10.9 Å². The summed E-state index contributed by atoms with van der Waals surface area (Å²) in [5, 5.41) is 13.0. The molecule has 1 aliphatic heterocycles. The fourth-order valence-corrected chi connectivity index (χ4v) is 3.65. The number of halogens is 1. The summed E-state index contributed by atoms with van der Waals surface area (Å²) in [6.07, 6.45) is 0. The van der Waals surface area contributed by atoms with Gasteiger partial charge in [-0.1, -0.05) is 23.4 Å². The quantitative estimate of drug-likeness (QED) is 0.492. The second-order valence-corrected chi connectivity index (χ2v) is 7.39. The first kappa shape index (κ1) is 17.1. The number of carbonyl (C=O) groups excluding carboxylic acids is 1. The number of benzene rings is 2. The summed E-state index contributed by atoms with van der Waals surface area (Å²) in [5.41, 5.74) is 2.76. The lowest BCUT2D eigenvalue weighted by molar-refractivity contribution is -0.113. The number of fused-ring (bicyclic) bond motifs is 4. The molecule has 0 fully saturated rings. The summed E-state index contributed by atoms with van der Waals surface area (Å²) in [6, 6.07) is 10.7. The Morgan fingerprint density at radius 1 is 1.18 bits per heavy atom. The van der Waals surface area contributed by atoms with Crippen LogP contribution in [0, 0.1) is 0 Å².